The summed E-state index contributed by atoms with van der Waals surface area (Å²) in [4.78, 5) is 12.1. The molecule has 1 aliphatic heterocycles. The van der Waals surface area contributed by atoms with Gasteiger partial charge < -0.3 is 15.2 Å². The molecule has 1 aliphatic rings. The molecule has 1 heterocycles. The van der Waals surface area contributed by atoms with Crippen LogP contribution in [0.15, 0.2) is 30.3 Å². The maximum absolute atomic E-state index is 12.1. The molecular weight excluding hydrogens is 254 g/mol. The van der Waals surface area contributed by atoms with E-state index in [0.29, 0.717) is 13.0 Å². The summed E-state index contributed by atoms with van der Waals surface area (Å²) >= 11 is 0. The molecule has 20 heavy (non-hydrogen) atoms. The number of hydrogen-bond donors (Lipinski definition) is 2. The van der Waals surface area contributed by atoms with Crippen molar-refractivity contribution in [2.75, 3.05) is 6.61 Å². The lowest BCUT2D eigenvalue weighted by molar-refractivity contribution is -0.127. The Morgan fingerprint density at radius 3 is 2.75 bits per heavy atom. The summed E-state index contributed by atoms with van der Waals surface area (Å²) in [5.74, 6) is -0.0333. The third-order valence-corrected chi connectivity index (χ3v) is 3.86. The van der Waals surface area contributed by atoms with Crippen molar-refractivity contribution in [1.29, 1.82) is 0 Å². The highest BCUT2D eigenvalue weighted by Gasteiger charge is 2.31. The van der Waals surface area contributed by atoms with Crippen molar-refractivity contribution in [3.63, 3.8) is 0 Å². The standard InChI is InChI=1S/C16H23NO3/c1-11(10-15(18)13-6-4-3-5-7-13)17-16(19)14-8-9-20-12(14)2/h3-7,11-12,14-15,18H,8-10H2,1-2H3,(H,17,19). The van der Waals surface area contributed by atoms with Gasteiger partial charge in [-0.1, -0.05) is 30.3 Å². The third kappa shape index (κ3) is 3.81. The number of carbonyl (C=O) groups excluding carboxylic acids is 1. The SMILES string of the molecule is CC(CC(O)c1ccccc1)NC(=O)C1CCOC1C. The highest BCUT2D eigenvalue weighted by atomic mass is 16.5. The van der Waals surface area contributed by atoms with Crippen LogP contribution in [-0.4, -0.2) is 29.8 Å². The summed E-state index contributed by atoms with van der Waals surface area (Å²) < 4.78 is 5.41. The molecule has 4 nitrogen and oxygen atoms in total. The third-order valence-electron chi connectivity index (χ3n) is 3.86. The van der Waals surface area contributed by atoms with Gasteiger partial charge in [0.05, 0.1) is 18.1 Å². The zero-order valence-electron chi connectivity index (χ0n) is 12.1. The topological polar surface area (TPSA) is 58.6 Å². The average Bonchev–Trinajstić information content (AvgIpc) is 2.86. The number of hydrogen-bond acceptors (Lipinski definition) is 3. The molecule has 1 fully saturated rings. The Balaban J connectivity index is 1.83. The van der Waals surface area contributed by atoms with Crippen LogP contribution < -0.4 is 5.32 Å². The number of rotatable bonds is 5. The molecule has 1 aromatic carbocycles. The van der Waals surface area contributed by atoms with Crippen molar-refractivity contribution in [1.82, 2.24) is 5.32 Å². The summed E-state index contributed by atoms with van der Waals surface area (Å²) in [7, 11) is 0. The molecule has 1 amide bonds. The molecule has 0 aromatic heterocycles. The molecule has 1 saturated heterocycles. The quantitative estimate of drug-likeness (QED) is 0.866. The summed E-state index contributed by atoms with van der Waals surface area (Å²) in [6, 6.07) is 9.45. The van der Waals surface area contributed by atoms with Crippen LogP contribution in [0.25, 0.3) is 0 Å². The van der Waals surface area contributed by atoms with E-state index in [1.165, 1.54) is 0 Å². The van der Waals surface area contributed by atoms with Gasteiger partial charge in [-0.25, -0.2) is 0 Å². The van der Waals surface area contributed by atoms with E-state index in [1.807, 2.05) is 44.2 Å². The molecule has 0 bridgehead atoms. The molecule has 2 rings (SSSR count). The van der Waals surface area contributed by atoms with E-state index < -0.39 is 6.10 Å². The van der Waals surface area contributed by atoms with E-state index in [-0.39, 0.29) is 24.0 Å². The second-order valence-electron chi connectivity index (χ2n) is 5.54. The largest absolute Gasteiger partial charge is 0.388 e. The van der Waals surface area contributed by atoms with Gasteiger partial charge in [-0.15, -0.1) is 0 Å². The molecule has 4 heteroatoms. The highest BCUT2D eigenvalue weighted by Crippen LogP contribution is 2.22. The second kappa shape index (κ2) is 6.86. The second-order valence-corrected chi connectivity index (χ2v) is 5.54. The van der Waals surface area contributed by atoms with E-state index in [4.69, 9.17) is 4.74 Å². The summed E-state index contributed by atoms with van der Waals surface area (Å²) in [6.07, 6.45) is 0.726. The number of aliphatic hydroxyl groups is 1. The summed E-state index contributed by atoms with van der Waals surface area (Å²) in [6.45, 7) is 4.51. The molecular formula is C16H23NO3. The number of aliphatic hydroxyl groups excluding tert-OH is 1. The fourth-order valence-corrected chi connectivity index (χ4v) is 2.63. The number of nitrogens with one attached hydrogen (secondary N) is 1. The van der Waals surface area contributed by atoms with Crippen molar-refractivity contribution in [2.45, 2.75) is 44.9 Å². The molecule has 1 aromatic rings. The van der Waals surface area contributed by atoms with Crippen LogP contribution in [0.2, 0.25) is 0 Å². The van der Waals surface area contributed by atoms with Gasteiger partial charge in [0, 0.05) is 12.6 Å². The monoisotopic (exact) mass is 277 g/mol. The minimum atomic E-state index is -0.552. The molecule has 4 atom stereocenters. The summed E-state index contributed by atoms with van der Waals surface area (Å²) in [5, 5.41) is 13.1. The van der Waals surface area contributed by atoms with E-state index in [9.17, 15) is 9.90 Å². The van der Waals surface area contributed by atoms with Crippen LogP contribution in [0.4, 0.5) is 0 Å². The fraction of sp³-hybridized carbons (Fsp3) is 0.562. The number of benzene rings is 1. The number of carbonyl (C=O) groups is 1. The molecule has 0 spiro atoms. The van der Waals surface area contributed by atoms with E-state index >= 15 is 0 Å². The van der Waals surface area contributed by atoms with E-state index in [0.717, 1.165) is 12.0 Å². The van der Waals surface area contributed by atoms with Crippen molar-refractivity contribution in [3.05, 3.63) is 35.9 Å². The zero-order chi connectivity index (χ0) is 14.5. The van der Waals surface area contributed by atoms with Gasteiger partial charge in [0.25, 0.3) is 0 Å². The molecule has 2 N–H and O–H groups in total. The highest BCUT2D eigenvalue weighted by molar-refractivity contribution is 5.79. The minimum absolute atomic E-state index is 0.0127. The van der Waals surface area contributed by atoms with Gasteiger partial charge in [-0.05, 0) is 32.3 Å². The maximum atomic E-state index is 12.1. The van der Waals surface area contributed by atoms with Crippen molar-refractivity contribution < 1.29 is 14.6 Å². The predicted octanol–water partition coefficient (Wildman–Crippen LogP) is 2.04. The van der Waals surface area contributed by atoms with Crippen LogP contribution in [0.3, 0.4) is 0 Å². The number of ether oxygens (including phenoxy) is 1. The Hall–Kier alpha value is -1.39. The molecule has 0 aliphatic carbocycles. The van der Waals surface area contributed by atoms with Gasteiger partial charge in [-0.2, -0.15) is 0 Å². The van der Waals surface area contributed by atoms with Crippen molar-refractivity contribution in [3.8, 4) is 0 Å². The van der Waals surface area contributed by atoms with Crippen LogP contribution in [0.1, 0.15) is 38.4 Å². The minimum Gasteiger partial charge on any atom is -0.388 e. The van der Waals surface area contributed by atoms with Crippen LogP contribution >= 0.6 is 0 Å². The molecule has 4 unspecified atom stereocenters. The Bertz CT molecular complexity index is 435. The van der Waals surface area contributed by atoms with Crippen molar-refractivity contribution in [2.24, 2.45) is 5.92 Å². The van der Waals surface area contributed by atoms with E-state index in [1.54, 1.807) is 0 Å². The zero-order valence-corrected chi connectivity index (χ0v) is 12.1. The van der Waals surface area contributed by atoms with E-state index in [2.05, 4.69) is 5.32 Å². The van der Waals surface area contributed by atoms with Crippen molar-refractivity contribution >= 4 is 5.91 Å². The lowest BCUT2D eigenvalue weighted by Crippen LogP contribution is -2.40. The summed E-state index contributed by atoms with van der Waals surface area (Å²) in [5.41, 5.74) is 0.881. The Morgan fingerprint density at radius 2 is 2.15 bits per heavy atom. The molecule has 110 valence electrons. The van der Waals surface area contributed by atoms with Gasteiger partial charge in [0.1, 0.15) is 0 Å². The normalized spacial score (nSPS) is 25.1. The van der Waals surface area contributed by atoms with Gasteiger partial charge in [-0.3, -0.25) is 4.79 Å². The van der Waals surface area contributed by atoms with Crippen LogP contribution in [0.5, 0.6) is 0 Å². The predicted molar refractivity (Wildman–Crippen MR) is 77.1 cm³/mol. The molecule has 0 radical (unpaired) electrons. The van der Waals surface area contributed by atoms with Gasteiger partial charge in [0.15, 0.2) is 0 Å². The first-order chi connectivity index (χ1) is 9.58. The first-order valence-corrected chi connectivity index (χ1v) is 7.23. The molecule has 0 saturated carbocycles. The number of amides is 1. The Kier molecular flexibility index (Phi) is 5.15. The first kappa shape index (κ1) is 15.0. The van der Waals surface area contributed by atoms with Gasteiger partial charge in [0.2, 0.25) is 5.91 Å². The fourth-order valence-electron chi connectivity index (χ4n) is 2.63. The van der Waals surface area contributed by atoms with Gasteiger partial charge >= 0.3 is 0 Å². The van der Waals surface area contributed by atoms with Crippen LogP contribution in [0, 0.1) is 5.92 Å². The Labute approximate surface area is 120 Å². The lowest BCUT2D eigenvalue weighted by atomic mass is 9.99. The Morgan fingerprint density at radius 1 is 1.45 bits per heavy atom. The lowest BCUT2D eigenvalue weighted by Gasteiger charge is -2.21. The maximum Gasteiger partial charge on any atom is 0.226 e. The smallest absolute Gasteiger partial charge is 0.226 e. The first-order valence-electron chi connectivity index (χ1n) is 7.23. The average molecular weight is 277 g/mol. The van der Waals surface area contributed by atoms with Crippen LogP contribution in [-0.2, 0) is 9.53 Å².